The number of fused-ring (bicyclic) bond motifs is 1. The minimum atomic E-state index is -0.195. The summed E-state index contributed by atoms with van der Waals surface area (Å²) in [7, 11) is 0. The van der Waals surface area contributed by atoms with Crippen molar-refractivity contribution in [2.24, 2.45) is 0 Å². The van der Waals surface area contributed by atoms with Gasteiger partial charge >= 0.3 is 0 Å². The number of amides is 1. The molecule has 2 heterocycles. The predicted molar refractivity (Wildman–Crippen MR) is 113 cm³/mol. The minimum Gasteiger partial charge on any atom is -0.287 e. The number of aromatic nitrogens is 1. The van der Waals surface area contributed by atoms with Gasteiger partial charge in [-0.2, -0.15) is 0 Å². The molecule has 27 heavy (non-hydrogen) atoms. The summed E-state index contributed by atoms with van der Waals surface area (Å²) >= 11 is 14.2. The highest BCUT2D eigenvalue weighted by Crippen LogP contribution is 2.40. The Labute approximate surface area is 170 Å². The first kappa shape index (κ1) is 18.0. The molecule has 0 saturated heterocycles. The summed E-state index contributed by atoms with van der Waals surface area (Å²) in [5.74, 6) is 0.380. The van der Waals surface area contributed by atoms with Crippen molar-refractivity contribution in [1.29, 1.82) is 0 Å². The molecule has 0 bridgehead atoms. The Balaban J connectivity index is 1.79. The number of rotatable bonds is 4. The summed E-state index contributed by atoms with van der Waals surface area (Å²) in [5, 5.41) is 1.65. The Morgan fingerprint density at radius 3 is 2.44 bits per heavy atom. The molecule has 0 saturated carbocycles. The summed E-state index contributed by atoms with van der Waals surface area (Å²) in [6.07, 6.45) is 1.67. The molecule has 2 aromatic heterocycles. The van der Waals surface area contributed by atoms with Gasteiger partial charge < -0.3 is 0 Å². The number of anilines is 1. The van der Waals surface area contributed by atoms with Gasteiger partial charge in [0.2, 0.25) is 0 Å². The molecule has 0 atom stereocenters. The lowest BCUT2D eigenvalue weighted by Gasteiger charge is -2.21. The van der Waals surface area contributed by atoms with E-state index < -0.39 is 0 Å². The Morgan fingerprint density at radius 2 is 1.74 bits per heavy atom. The summed E-state index contributed by atoms with van der Waals surface area (Å²) in [6.45, 7) is 0.398. The number of thiophene rings is 1. The van der Waals surface area contributed by atoms with Gasteiger partial charge in [-0.25, -0.2) is 4.98 Å². The van der Waals surface area contributed by atoms with Crippen molar-refractivity contribution in [2.75, 3.05) is 4.90 Å². The summed E-state index contributed by atoms with van der Waals surface area (Å²) in [5.41, 5.74) is 1.01. The van der Waals surface area contributed by atoms with Crippen molar-refractivity contribution in [2.45, 2.75) is 6.54 Å². The van der Waals surface area contributed by atoms with E-state index in [4.69, 9.17) is 23.2 Å². The van der Waals surface area contributed by atoms with Crippen molar-refractivity contribution in [1.82, 2.24) is 4.98 Å². The standard InChI is InChI=1S/C21H14Cl2N2OS/c22-15-9-6-10-16-18(15)19(23)20(27-16)21(26)25(17-11-4-5-12-24-17)13-14-7-2-1-3-8-14/h1-12H,13H2. The number of hydrogen-bond acceptors (Lipinski definition) is 3. The molecule has 0 aliphatic carbocycles. The third-order valence-electron chi connectivity index (χ3n) is 4.15. The van der Waals surface area contributed by atoms with E-state index in [2.05, 4.69) is 4.98 Å². The number of nitrogens with zero attached hydrogens (tertiary/aromatic N) is 2. The third kappa shape index (κ3) is 3.56. The van der Waals surface area contributed by atoms with Gasteiger partial charge in [-0.3, -0.25) is 9.69 Å². The van der Waals surface area contributed by atoms with Gasteiger partial charge in [-0.05, 0) is 29.8 Å². The van der Waals surface area contributed by atoms with Crippen LogP contribution in [0.25, 0.3) is 10.1 Å². The molecule has 4 aromatic rings. The summed E-state index contributed by atoms with van der Waals surface area (Å²) in [4.78, 5) is 19.9. The number of hydrogen-bond donors (Lipinski definition) is 0. The van der Waals surface area contributed by atoms with Crippen LogP contribution in [0.5, 0.6) is 0 Å². The predicted octanol–water partition coefficient (Wildman–Crippen LogP) is 6.45. The van der Waals surface area contributed by atoms with Crippen molar-refractivity contribution in [3.8, 4) is 0 Å². The van der Waals surface area contributed by atoms with Gasteiger partial charge in [0.15, 0.2) is 0 Å². The van der Waals surface area contributed by atoms with E-state index in [0.29, 0.717) is 27.3 Å². The van der Waals surface area contributed by atoms with E-state index in [1.807, 2.05) is 60.7 Å². The average molecular weight is 413 g/mol. The molecule has 134 valence electrons. The number of benzene rings is 2. The highest BCUT2D eigenvalue weighted by atomic mass is 35.5. The molecule has 0 aliphatic heterocycles. The van der Waals surface area contributed by atoms with Crippen LogP contribution in [0.15, 0.2) is 72.9 Å². The second-order valence-corrected chi connectivity index (χ2v) is 7.76. The first-order valence-corrected chi connectivity index (χ1v) is 9.85. The monoisotopic (exact) mass is 412 g/mol. The van der Waals surface area contributed by atoms with Crippen LogP contribution in [0.1, 0.15) is 15.2 Å². The molecular weight excluding hydrogens is 399 g/mol. The molecule has 1 amide bonds. The van der Waals surface area contributed by atoms with Crippen LogP contribution in [-0.4, -0.2) is 10.9 Å². The molecule has 3 nitrogen and oxygen atoms in total. The van der Waals surface area contributed by atoms with Crippen LogP contribution in [0, 0.1) is 0 Å². The van der Waals surface area contributed by atoms with E-state index in [1.54, 1.807) is 17.2 Å². The van der Waals surface area contributed by atoms with E-state index in [9.17, 15) is 4.79 Å². The van der Waals surface area contributed by atoms with Crippen molar-refractivity contribution < 1.29 is 4.79 Å². The third-order valence-corrected chi connectivity index (χ3v) is 6.10. The number of halogens is 2. The van der Waals surface area contributed by atoms with Gasteiger partial charge in [-0.15, -0.1) is 11.3 Å². The van der Waals surface area contributed by atoms with Crippen LogP contribution in [0.4, 0.5) is 5.82 Å². The smallest absolute Gasteiger partial charge is 0.271 e. The molecule has 0 N–H and O–H groups in total. The second-order valence-electron chi connectivity index (χ2n) is 5.92. The number of carbonyl (C=O) groups is 1. The van der Waals surface area contributed by atoms with Crippen LogP contribution in [0.2, 0.25) is 10.0 Å². The number of pyridine rings is 1. The number of carbonyl (C=O) groups excluding carboxylic acids is 1. The average Bonchev–Trinajstić information content (AvgIpc) is 3.05. The summed E-state index contributed by atoms with van der Waals surface area (Å²) in [6, 6.07) is 20.8. The van der Waals surface area contributed by atoms with Crippen LogP contribution < -0.4 is 4.90 Å². The highest BCUT2D eigenvalue weighted by Gasteiger charge is 2.25. The van der Waals surface area contributed by atoms with Gasteiger partial charge in [0.25, 0.3) is 5.91 Å². The van der Waals surface area contributed by atoms with Crippen molar-refractivity contribution in [3.05, 3.63) is 93.4 Å². The van der Waals surface area contributed by atoms with Crippen LogP contribution >= 0.6 is 34.5 Å². The van der Waals surface area contributed by atoms with E-state index in [0.717, 1.165) is 15.6 Å². The molecule has 0 unspecified atom stereocenters. The SMILES string of the molecule is O=C(c1sc2cccc(Cl)c2c1Cl)N(Cc1ccccc1)c1ccccn1. The molecule has 0 radical (unpaired) electrons. The Morgan fingerprint density at radius 1 is 0.963 bits per heavy atom. The Bertz CT molecular complexity index is 1100. The first-order valence-electron chi connectivity index (χ1n) is 8.28. The van der Waals surface area contributed by atoms with E-state index in [-0.39, 0.29) is 5.91 Å². The molecule has 0 spiro atoms. The molecular formula is C21H14Cl2N2OS. The summed E-state index contributed by atoms with van der Waals surface area (Å²) < 4.78 is 0.886. The largest absolute Gasteiger partial charge is 0.287 e. The molecule has 6 heteroatoms. The van der Waals surface area contributed by atoms with E-state index in [1.165, 1.54) is 11.3 Å². The molecule has 2 aromatic carbocycles. The van der Waals surface area contributed by atoms with Crippen LogP contribution in [0.3, 0.4) is 0 Å². The maximum atomic E-state index is 13.4. The molecule has 0 aliphatic rings. The topological polar surface area (TPSA) is 33.2 Å². The van der Waals surface area contributed by atoms with E-state index >= 15 is 0 Å². The lowest BCUT2D eigenvalue weighted by atomic mass is 10.2. The fraction of sp³-hybridized carbons (Fsp3) is 0.0476. The quantitative estimate of drug-likeness (QED) is 0.385. The van der Waals surface area contributed by atoms with Gasteiger partial charge in [0.1, 0.15) is 10.7 Å². The second kappa shape index (κ2) is 7.69. The zero-order chi connectivity index (χ0) is 18.8. The zero-order valence-electron chi connectivity index (χ0n) is 14.1. The van der Waals surface area contributed by atoms with Gasteiger partial charge in [0.05, 0.1) is 16.6 Å². The molecule has 0 fully saturated rings. The Hall–Kier alpha value is -2.40. The fourth-order valence-electron chi connectivity index (χ4n) is 2.87. The van der Waals surface area contributed by atoms with Crippen LogP contribution in [-0.2, 0) is 6.54 Å². The lowest BCUT2D eigenvalue weighted by Crippen LogP contribution is -2.30. The Kier molecular flexibility index (Phi) is 5.12. The molecule has 4 rings (SSSR count). The minimum absolute atomic E-state index is 0.195. The van der Waals surface area contributed by atoms with Crippen molar-refractivity contribution in [3.63, 3.8) is 0 Å². The van der Waals surface area contributed by atoms with Crippen molar-refractivity contribution >= 4 is 56.3 Å². The first-order chi connectivity index (χ1) is 13.1. The fourth-order valence-corrected chi connectivity index (χ4v) is 4.77. The maximum absolute atomic E-state index is 13.4. The lowest BCUT2D eigenvalue weighted by molar-refractivity contribution is 0.0988. The van der Waals surface area contributed by atoms with Gasteiger partial charge in [0, 0.05) is 16.3 Å². The normalized spacial score (nSPS) is 10.9. The maximum Gasteiger partial charge on any atom is 0.271 e. The zero-order valence-corrected chi connectivity index (χ0v) is 16.4. The highest BCUT2D eigenvalue weighted by molar-refractivity contribution is 7.21. The van der Waals surface area contributed by atoms with Gasteiger partial charge in [-0.1, -0.05) is 65.7 Å².